The van der Waals surface area contributed by atoms with E-state index in [2.05, 4.69) is 15.3 Å². The summed E-state index contributed by atoms with van der Waals surface area (Å²) in [6, 6.07) is 22.7. The van der Waals surface area contributed by atoms with Crippen molar-refractivity contribution < 1.29 is 18.6 Å². The van der Waals surface area contributed by atoms with E-state index in [1.54, 1.807) is 27.7 Å². The predicted octanol–water partition coefficient (Wildman–Crippen LogP) is 5.55. The molecule has 0 atom stereocenters. The summed E-state index contributed by atoms with van der Waals surface area (Å²) in [5, 5.41) is 3.45. The van der Waals surface area contributed by atoms with Gasteiger partial charge in [-0.2, -0.15) is 0 Å². The monoisotopic (exact) mass is 483 g/mol. The molecule has 0 aliphatic carbocycles. The fourth-order valence-corrected chi connectivity index (χ4v) is 3.75. The van der Waals surface area contributed by atoms with Crippen LogP contribution in [0.3, 0.4) is 0 Å². The number of oxazole rings is 1. The second-order valence-electron chi connectivity index (χ2n) is 7.82. The van der Waals surface area contributed by atoms with Gasteiger partial charge in [0.25, 0.3) is 0 Å². The minimum Gasteiger partial charge on any atom is -0.497 e. The average Bonchev–Trinajstić information content (AvgIpc) is 3.52. The first kappa shape index (κ1) is 22.9. The molecule has 5 rings (SSSR count). The first-order chi connectivity index (χ1) is 17.6. The lowest BCUT2D eigenvalue weighted by atomic mass is 10.2. The maximum absolute atomic E-state index is 6.29. The Morgan fingerprint density at radius 3 is 1.89 bits per heavy atom. The van der Waals surface area contributed by atoms with Gasteiger partial charge in [0.05, 0.1) is 21.3 Å². The lowest BCUT2D eigenvalue weighted by molar-refractivity contribution is 0.414. The highest BCUT2D eigenvalue weighted by Crippen LogP contribution is 2.37. The normalized spacial score (nSPS) is 10.8. The molecule has 0 radical (unpaired) electrons. The Morgan fingerprint density at radius 2 is 1.31 bits per heavy atom. The molecule has 5 aromatic rings. The number of hydrogen-bond donors (Lipinski definition) is 2. The van der Waals surface area contributed by atoms with E-state index < -0.39 is 0 Å². The maximum Gasteiger partial charge on any atom is 0.229 e. The largest absolute Gasteiger partial charge is 0.497 e. The molecule has 2 aromatic heterocycles. The number of nitrogens with one attached hydrogen (secondary N) is 1. The Labute approximate surface area is 208 Å². The smallest absolute Gasteiger partial charge is 0.229 e. The lowest BCUT2D eigenvalue weighted by Gasteiger charge is -2.13. The first-order valence-electron chi connectivity index (χ1n) is 11.1. The van der Waals surface area contributed by atoms with Crippen molar-refractivity contribution in [2.24, 2.45) is 0 Å². The van der Waals surface area contributed by atoms with Crippen LogP contribution >= 0.6 is 0 Å². The third-order valence-corrected chi connectivity index (χ3v) is 5.69. The van der Waals surface area contributed by atoms with Gasteiger partial charge >= 0.3 is 0 Å². The zero-order chi connectivity index (χ0) is 25.1. The number of imidazole rings is 1. The van der Waals surface area contributed by atoms with Gasteiger partial charge in [0.15, 0.2) is 5.69 Å². The van der Waals surface area contributed by atoms with Gasteiger partial charge in [-0.3, -0.25) is 4.57 Å². The van der Waals surface area contributed by atoms with Gasteiger partial charge in [0.2, 0.25) is 11.8 Å². The van der Waals surface area contributed by atoms with Crippen LogP contribution in [-0.4, -0.2) is 35.9 Å². The molecule has 0 fully saturated rings. The number of ether oxygens (including phenoxy) is 3. The second kappa shape index (κ2) is 9.75. The summed E-state index contributed by atoms with van der Waals surface area (Å²) in [6.07, 6.45) is 1.71. The molecule has 0 amide bonds. The molecule has 0 saturated carbocycles. The standard InChI is InChI=1S/C27H25N5O4/c1-33-20-10-4-17(5-11-20)27-31-23(25(28)36-27)24-26(30-18-6-12-21(34-2)13-7-18)32(16-29-24)19-8-14-22(35-3)15-9-19/h4-16,30H,28H2,1-3H3. The van der Waals surface area contributed by atoms with Gasteiger partial charge in [0.1, 0.15) is 35.1 Å². The van der Waals surface area contributed by atoms with E-state index in [-0.39, 0.29) is 5.88 Å². The number of rotatable bonds is 8. The van der Waals surface area contributed by atoms with Crippen molar-refractivity contribution in [2.75, 3.05) is 32.4 Å². The summed E-state index contributed by atoms with van der Waals surface area (Å²) in [5.74, 6) is 3.48. The molecule has 182 valence electrons. The molecule has 0 spiro atoms. The zero-order valence-electron chi connectivity index (χ0n) is 20.1. The van der Waals surface area contributed by atoms with E-state index >= 15 is 0 Å². The van der Waals surface area contributed by atoms with Gasteiger partial charge in [-0.25, -0.2) is 9.97 Å². The van der Waals surface area contributed by atoms with Crippen molar-refractivity contribution in [2.45, 2.75) is 0 Å². The van der Waals surface area contributed by atoms with Crippen molar-refractivity contribution in [3.63, 3.8) is 0 Å². The Kier molecular flexibility index (Phi) is 6.19. The average molecular weight is 484 g/mol. The van der Waals surface area contributed by atoms with Crippen molar-refractivity contribution in [3.8, 4) is 45.8 Å². The quantitative estimate of drug-likeness (QED) is 0.296. The van der Waals surface area contributed by atoms with E-state index in [0.29, 0.717) is 23.1 Å². The summed E-state index contributed by atoms with van der Waals surface area (Å²) >= 11 is 0. The lowest BCUT2D eigenvalue weighted by Crippen LogP contribution is -2.02. The van der Waals surface area contributed by atoms with E-state index in [1.807, 2.05) is 77.4 Å². The minimum absolute atomic E-state index is 0.165. The molecule has 0 aliphatic heterocycles. The molecule has 3 aromatic carbocycles. The number of aromatic nitrogens is 3. The third kappa shape index (κ3) is 4.41. The molecule has 0 unspecified atom stereocenters. The van der Waals surface area contributed by atoms with Crippen LogP contribution in [0.2, 0.25) is 0 Å². The highest BCUT2D eigenvalue weighted by atomic mass is 16.5. The van der Waals surface area contributed by atoms with Crippen LogP contribution in [0.1, 0.15) is 0 Å². The van der Waals surface area contributed by atoms with Gasteiger partial charge in [0, 0.05) is 16.9 Å². The number of nitrogens with zero attached hydrogens (tertiary/aromatic N) is 3. The van der Waals surface area contributed by atoms with Crippen molar-refractivity contribution in [1.82, 2.24) is 14.5 Å². The molecule has 2 heterocycles. The van der Waals surface area contributed by atoms with E-state index in [0.717, 1.165) is 34.2 Å². The number of nitrogens with two attached hydrogens (primary N) is 1. The Hall–Kier alpha value is -4.92. The highest BCUT2D eigenvalue weighted by molar-refractivity contribution is 5.81. The summed E-state index contributed by atoms with van der Waals surface area (Å²) in [7, 11) is 4.88. The fraction of sp³-hybridized carbons (Fsp3) is 0.111. The number of nitrogen functional groups attached to an aromatic ring is 1. The van der Waals surface area contributed by atoms with Crippen LogP contribution in [0.5, 0.6) is 17.2 Å². The summed E-state index contributed by atoms with van der Waals surface area (Å²) in [6.45, 7) is 0. The van der Waals surface area contributed by atoms with E-state index in [1.165, 1.54) is 0 Å². The number of hydrogen-bond acceptors (Lipinski definition) is 8. The summed E-state index contributed by atoms with van der Waals surface area (Å²) in [4.78, 5) is 9.33. The summed E-state index contributed by atoms with van der Waals surface area (Å²) < 4.78 is 23.6. The van der Waals surface area contributed by atoms with E-state index in [4.69, 9.17) is 24.4 Å². The molecule has 3 N–H and O–H groups in total. The molecule has 9 nitrogen and oxygen atoms in total. The molecule has 9 heteroatoms. The predicted molar refractivity (Wildman–Crippen MR) is 138 cm³/mol. The first-order valence-corrected chi connectivity index (χ1v) is 11.1. The molecular formula is C27H25N5O4. The Bertz CT molecular complexity index is 1460. The second-order valence-corrected chi connectivity index (χ2v) is 7.82. The zero-order valence-corrected chi connectivity index (χ0v) is 20.1. The Morgan fingerprint density at radius 1 is 0.750 bits per heavy atom. The van der Waals surface area contributed by atoms with Crippen LogP contribution in [0.15, 0.2) is 83.5 Å². The summed E-state index contributed by atoms with van der Waals surface area (Å²) in [5.41, 5.74) is 9.75. The van der Waals surface area contributed by atoms with Gasteiger partial charge in [-0.05, 0) is 72.8 Å². The molecule has 0 bridgehead atoms. The third-order valence-electron chi connectivity index (χ3n) is 5.69. The highest BCUT2D eigenvalue weighted by Gasteiger charge is 2.22. The number of methoxy groups -OCH3 is 3. The maximum atomic E-state index is 6.29. The van der Waals surface area contributed by atoms with Crippen molar-refractivity contribution >= 4 is 17.4 Å². The van der Waals surface area contributed by atoms with E-state index in [9.17, 15) is 0 Å². The molecular weight excluding hydrogens is 458 g/mol. The van der Waals surface area contributed by atoms with Crippen LogP contribution in [0, 0.1) is 0 Å². The SMILES string of the molecule is COc1ccc(Nc2c(-c3nc(-c4ccc(OC)cc4)oc3N)ncn2-c2ccc(OC)cc2)cc1. The van der Waals surface area contributed by atoms with Crippen LogP contribution in [0.4, 0.5) is 17.4 Å². The molecule has 0 saturated heterocycles. The molecule has 0 aliphatic rings. The van der Waals surface area contributed by atoms with Gasteiger partial charge < -0.3 is 29.7 Å². The van der Waals surface area contributed by atoms with Gasteiger partial charge in [-0.1, -0.05) is 0 Å². The fourth-order valence-electron chi connectivity index (χ4n) is 3.75. The topological polar surface area (TPSA) is 110 Å². The number of anilines is 3. The minimum atomic E-state index is 0.165. The number of benzene rings is 3. The molecule has 36 heavy (non-hydrogen) atoms. The van der Waals surface area contributed by atoms with Crippen molar-refractivity contribution in [3.05, 3.63) is 79.1 Å². The van der Waals surface area contributed by atoms with Crippen molar-refractivity contribution in [1.29, 1.82) is 0 Å². The Balaban J connectivity index is 1.58. The van der Waals surface area contributed by atoms with Crippen LogP contribution < -0.4 is 25.3 Å². The van der Waals surface area contributed by atoms with Crippen LogP contribution in [0.25, 0.3) is 28.5 Å². The van der Waals surface area contributed by atoms with Crippen LogP contribution in [-0.2, 0) is 0 Å². The van der Waals surface area contributed by atoms with Gasteiger partial charge in [-0.15, -0.1) is 0 Å².